The molecular formula is C22H35N5O. The van der Waals surface area contributed by atoms with Crippen LogP contribution >= 0.6 is 0 Å². The van der Waals surface area contributed by atoms with Crippen LogP contribution in [-0.4, -0.2) is 59.5 Å². The van der Waals surface area contributed by atoms with Crippen molar-refractivity contribution in [1.82, 2.24) is 20.2 Å². The van der Waals surface area contributed by atoms with Crippen LogP contribution < -0.4 is 10.2 Å². The molecule has 154 valence electrons. The summed E-state index contributed by atoms with van der Waals surface area (Å²) < 4.78 is 0. The van der Waals surface area contributed by atoms with E-state index < -0.39 is 0 Å². The zero-order chi connectivity index (χ0) is 19.5. The zero-order valence-corrected chi connectivity index (χ0v) is 17.5. The maximum Gasteiger partial charge on any atom is 0.225 e. The molecule has 0 aliphatic carbocycles. The number of nitrogens with zero attached hydrogens (tertiary/aromatic N) is 4. The molecule has 3 atom stereocenters. The van der Waals surface area contributed by atoms with Crippen molar-refractivity contribution in [3.05, 3.63) is 17.5 Å². The van der Waals surface area contributed by atoms with Crippen LogP contribution in [0.1, 0.15) is 56.3 Å². The molecule has 4 heterocycles. The molecule has 1 aromatic rings. The van der Waals surface area contributed by atoms with Gasteiger partial charge in [0.15, 0.2) is 0 Å². The van der Waals surface area contributed by atoms with E-state index in [4.69, 9.17) is 0 Å². The number of aryl methyl sites for hydroxylation is 2. The number of hydrogen-bond donors (Lipinski definition) is 1. The topological polar surface area (TPSA) is 61.4 Å². The van der Waals surface area contributed by atoms with Gasteiger partial charge in [0, 0.05) is 37.1 Å². The van der Waals surface area contributed by atoms with E-state index in [0.717, 1.165) is 49.8 Å². The summed E-state index contributed by atoms with van der Waals surface area (Å²) in [6, 6.07) is 2.69. The first kappa shape index (κ1) is 19.6. The third-order valence-electron chi connectivity index (χ3n) is 6.81. The molecule has 6 nitrogen and oxygen atoms in total. The molecule has 4 rings (SSSR count). The number of aromatic nitrogens is 2. The minimum atomic E-state index is 0.0456. The van der Waals surface area contributed by atoms with E-state index in [9.17, 15) is 4.79 Å². The summed E-state index contributed by atoms with van der Waals surface area (Å²) in [5, 5.41) is 3.32. The minimum Gasteiger partial charge on any atom is -0.355 e. The first-order chi connectivity index (χ1) is 13.6. The summed E-state index contributed by atoms with van der Waals surface area (Å²) in [7, 11) is 0. The largest absolute Gasteiger partial charge is 0.355 e. The second kappa shape index (κ2) is 8.76. The molecule has 0 aromatic carbocycles. The Morgan fingerprint density at radius 1 is 1.04 bits per heavy atom. The van der Waals surface area contributed by atoms with Crippen LogP contribution in [0.15, 0.2) is 6.07 Å². The minimum absolute atomic E-state index is 0.0456. The molecule has 6 heteroatoms. The third kappa shape index (κ3) is 4.48. The lowest BCUT2D eigenvalue weighted by molar-refractivity contribution is -0.125. The number of carbonyl (C=O) groups excluding carboxylic acids is 1. The Balaban J connectivity index is 1.33. The molecule has 3 aliphatic rings. The van der Waals surface area contributed by atoms with Gasteiger partial charge in [-0.3, -0.25) is 4.79 Å². The average molecular weight is 386 g/mol. The summed E-state index contributed by atoms with van der Waals surface area (Å²) in [5.41, 5.74) is 1.98. The molecular weight excluding hydrogens is 350 g/mol. The van der Waals surface area contributed by atoms with Crippen LogP contribution in [0.2, 0.25) is 0 Å². The fraction of sp³-hybridized carbons (Fsp3) is 0.773. The fourth-order valence-corrected chi connectivity index (χ4v) is 5.41. The van der Waals surface area contributed by atoms with E-state index in [2.05, 4.69) is 25.1 Å². The van der Waals surface area contributed by atoms with E-state index in [1.54, 1.807) is 0 Å². The van der Waals surface area contributed by atoms with Crippen molar-refractivity contribution in [3.63, 3.8) is 0 Å². The second-order valence-electron chi connectivity index (χ2n) is 8.98. The highest BCUT2D eigenvalue weighted by Crippen LogP contribution is 2.30. The Labute approximate surface area is 169 Å². The Bertz CT molecular complexity index is 671. The number of amides is 1. The molecule has 3 fully saturated rings. The van der Waals surface area contributed by atoms with E-state index in [1.165, 1.54) is 45.2 Å². The number of fused-ring (bicyclic) bond motifs is 1. The van der Waals surface area contributed by atoms with Crippen molar-refractivity contribution >= 4 is 11.9 Å². The summed E-state index contributed by atoms with van der Waals surface area (Å²) >= 11 is 0. The summed E-state index contributed by atoms with van der Waals surface area (Å²) in [5.74, 6) is 1.67. The molecule has 0 radical (unpaired) electrons. The van der Waals surface area contributed by atoms with Crippen molar-refractivity contribution in [2.75, 3.05) is 37.6 Å². The van der Waals surface area contributed by atoms with Gasteiger partial charge in [-0.1, -0.05) is 6.42 Å². The van der Waals surface area contributed by atoms with Gasteiger partial charge < -0.3 is 15.1 Å². The standard InChI is InChI=1S/C22H35N5O/c1-16-13-17(2)25-22(24-16)27-12-6-8-19(15-27)21(28)23-14-18-7-5-11-26-10-4-3-9-20(18)26/h13,18-20H,3-12,14-15H2,1-2H3,(H,23,28)/t18-,19?,20+/m1/s1. The molecule has 1 unspecified atom stereocenters. The molecule has 0 bridgehead atoms. The predicted molar refractivity (Wildman–Crippen MR) is 111 cm³/mol. The number of nitrogens with one attached hydrogen (secondary N) is 1. The Hall–Kier alpha value is -1.69. The van der Waals surface area contributed by atoms with Crippen LogP contribution in [0.3, 0.4) is 0 Å². The van der Waals surface area contributed by atoms with E-state index in [1.807, 2.05) is 19.9 Å². The van der Waals surface area contributed by atoms with Gasteiger partial charge in [-0.15, -0.1) is 0 Å². The van der Waals surface area contributed by atoms with Crippen LogP contribution in [0.25, 0.3) is 0 Å². The van der Waals surface area contributed by atoms with Crippen LogP contribution in [0, 0.1) is 25.7 Å². The zero-order valence-electron chi connectivity index (χ0n) is 17.5. The SMILES string of the molecule is Cc1cc(C)nc(N2CCCC(C(=O)NC[C@H]3CCCN4CCCC[C@@H]34)C2)n1. The molecule has 28 heavy (non-hydrogen) atoms. The monoisotopic (exact) mass is 385 g/mol. The van der Waals surface area contributed by atoms with Gasteiger partial charge in [-0.2, -0.15) is 0 Å². The normalized spacial score (nSPS) is 28.6. The average Bonchev–Trinajstić information content (AvgIpc) is 2.71. The fourth-order valence-electron chi connectivity index (χ4n) is 5.41. The van der Waals surface area contributed by atoms with Crippen LogP contribution in [0.4, 0.5) is 5.95 Å². The summed E-state index contributed by atoms with van der Waals surface area (Å²) in [6.45, 7) is 9.03. The highest BCUT2D eigenvalue weighted by atomic mass is 16.1. The molecule has 3 saturated heterocycles. The van der Waals surface area contributed by atoms with Gasteiger partial charge in [-0.25, -0.2) is 9.97 Å². The van der Waals surface area contributed by atoms with Gasteiger partial charge in [0.25, 0.3) is 0 Å². The van der Waals surface area contributed by atoms with Gasteiger partial charge in [-0.05, 0) is 77.4 Å². The lowest BCUT2D eigenvalue weighted by atomic mass is 9.83. The van der Waals surface area contributed by atoms with Crippen molar-refractivity contribution in [1.29, 1.82) is 0 Å². The van der Waals surface area contributed by atoms with Gasteiger partial charge in [0.2, 0.25) is 11.9 Å². The van der Waals surface area contributed by atoms with E-state index in [0.29, 0.717) is 12.0 Å². The number of carbonyl (C=O) groups is 1. The van der Waals surface area contributed by atoms with Crippen molar-refractivity contribution in [2.24, 2.45) is 11.8 Å². The lowest BCUT2D eigenvalue weighted by Gasteiger charge is -2.44. The van der Waals surface area contributed by atoms with Gasteiger partial charge in [0.05, 0.1) is 5.92 Å². The lowest BCUT2D eigenvalue weighted by Crippen LogP contribution is -2.52. The quantitative estimate of drug-likeness (QED) is 0.863. The second-order valence-corrected chi connectivity index (χ2v) is 8.98. The first-order valence-electron chi connectivity index (χ1n) is 11.2. The van der Waals surface area contributed by atoms with Crippen molar-refractivity contribution in [2.45, 2.75) is 64.8 Å². The molecule has 1 aromatic heterocycles. The predicted octanol–water partition coefficient (Wildman–Crippen LogP) is 2.69. The Morgan fingerprint density at radius 2 is 1.79 bits per heavy atom. The summed E-state index contributed by atoms with van der Waals surface area (Å²) in [4.78, 5) is 27.0. The van der Waals surface area contributed by atoms with Crippen molar-refractivity contribution < 1.29 is 4.79 Å². The smallest absolute Gasteiger partial charge is 0.225 e. The Morgan fingerprint density at radius 3 is 2.61 bits per heavy atom. The number of piperidine rings is 3. The number of anilines is 1. The van der Waals surface area contributed by atoms with E-state index in [-0.39, 0.29) is 11.8 Å². The molecule has 0 saturated carbocycles. The molecule has 3 aliphatic heterocycles. The molecule has 1 amide bonds. The summed E-state index contributed by atoms with van der Waals surface area (Å²) in [6.07, 6.45) is 8.52. The first-order valence-corrected chi connectivity index (χ1v) is 11.2. The van der Waals surface area contributed by atoms with Gasteiger partial charge >= 0.3 is 0 Å². The number of rotatable bonds is 4. The highest BCUT2D eigenvalue weighted by molar-refractivity contribution is 5.79. The van der Waals surface area contributed by atoms with E-state index >= 15 is 0 Å². The maximum atomic E-state index is 12.9. The molecule has 1 N–H and O–H groups in total. The highest BCUT2D eigenvalue weighted by Gasteiger charge is 2.34. The van der Waals surface area contributed by atoms with Crippen LogP contribution in [-0.2, 0) is 4.79 Å². The third-order valence-corrected chi connectivity index (χ3v) is 6.81. The van der Waals surface area contributed by atoms with Gasteiger partial charge in [0.1, 0.15) is 0 Å². The van der Waals surface area contributed by atoms with Crippen LogP contribution in [0.5, 0.6) is 0 Å². The van der Waals surface area contributed by atoms with Crippen molar-refractivity contribution in [3.8, 4) is 0 Å². The molecule has 0 spiro atoms. The Kier molecular flexibility index (Phi) is 6.14. The maximum absolute atomic E-state index is 12.9. The number of hydrogen-bond acceptors (Lipinski definition) is 5.